The summed E-state index contributed by atoms with van der Waals surface area (Å²) in [5.41, 5.74) is 1.34. The number of ether oxygens (including phenoxy) is 2. The van der Waals surface area contributed by atoms with E-state index in [0.29, 0.717) is 36.0 Å². The van der Waals surface area contributed by atoms with Crippen LogP contribution in [0, 0.1) is 0 Å². The molecule has 0 radical (unpaired) electrons. The maximum Gasteiger partial charge on any atom is 0.234 e. The third kappa shape index (κ3) is 3.31. The van der Waals surface area contributed by atoms with Crippen molar-refractivity contribution in [2.24, 2.45) is 0 Å². The third-order valence-corrected chi connectivity index (χ3v) is 4.04. The number of fused-ring (bicyclic) bond motifs is 1. The summed E-state index contributed by atoms with van der Waals surface area (Å²) in [6, 6.07) is 4.31. The molecule has 9 nitrogen and oxygen atoms in total. The maximum absolute atomic E-state index is 9.93. The highest BCUT2D eigenvalue weighted by Gasteiger charge is 2.18. The van der Waals surface area contributed by atoms with Gasteiger partial charge in [0.2, 0.25) is 17.2 Å². The van der Waals surface area contributed by atoms with Gasteiger partial charge in [-0.05, 0) is 18.2 Å². The number of hydrogen-bond donors (Lipinski definition) is 2. The van der Waals surface area contributed by atoms with Gasteiger partial charge in [-0.1, -0.05) is 5.21 Å². The molecule has 2 aromatic heterocycles. The number of phenols is 2. The lowest BCUT2D eigenvalue weighted by Gasteiger charge is -2.22. The third-order valence-electron chi connectivity index (χ3n) is 4.04. The summed E-state index contributed by atoms with van der Waals surface area (Å²) < 4.78 is 12.7. The highest BCUT2D eigenvalue weighted by atomic mass is 16.5. The predicted octanol–water partition coefficient (Wildman–Crippen LogP) is 1.24. The molecule has 1 fully saturated rings. The van der Waals surface area contributed by atoms with Gasteiger partial charge >= 0.3 is 0 Å². The first kappa shape index (κ1) is 15.6. The van der Waals surface area contributed by atoms with E-state index in [9.17, 15) is 10.2 Å². The van der Waals surface area contributed by atoms with Gasteiger partial charge in [-0.25, -0.2) is 9.67 Å². The van der Waals surface area contributed by atoms with Crippen LogP contribution < -0.4 is 4.74 Å². The molecule has 3 aromatic rings. The molecule has 1 aliphatic heterocycles. The molecule has 0 unspecified atom stereocenters. The van der Waals surface area contributed by atoms with E-state index in [-0.39, 0.29) is 24.1 Å². The van der Waals surface area contributed by atoms with Crippen molar-refractivity contribution >= 4 is 11.3 Å². The second-order valence-electron chi connectivity index (χ2n) is 5.85. The van der Waals surface area contributed by atoms with Gasteiger partial charge in [0, 0.05) is 18.4 Å². The zero-order chi connectivity index (χ0) is 17.2. The number of phenolic OH excluding ortho intramolecular Hbond substituents is 2. The first-order chi connectivity index (χ1) is 12.2. The summed E-state index contributed by atoms with van der Waals surface area (Å²) in [6.07, 6.45) is 3.21. The summed E-state index contributed by atoms with van der Waals surface area (Å²) in [7, 11) is 0. The van der Waals surface area contributed by atoms with Crippen molar-refractivity contribution in [3.63, 3.8) is 0 Å². The number of hydrogen-bond acceptors (Lipinski definition) is 8. The van der Waals surface area contributed by atoms with Crippen molar-refractivity contribution in [2.45, 2.75) is 25.5 Å². The number of aromatic nitrogens is 5. The average molecular weight is 343 g/mol. The van der Waals surface area contributed by atoms with Crippen LogP contribution in [0.15, 0.2) is 24.4 Å². The second kappa shape index (κ2) is 6.52. The molecule has 4 rings (SSSR count). The van der Waals surface area contributed by atoms with Crippen LogP contribution in [0.3, 0.4) is 0 Å². The Bertz CT molecular complexity index is 891. The molecule has 0 spiro atoms. The SMILES string of the molecule is Oc1ccc(O)c(Cn2nnc3ncc(OC4CCOCC4)nc32)c1. The lowest BCUT2D eigenvalue weighted by Crippen LogP contribution is -2.26. The molecule has 130 valence electrons. The minimum Gasteiger partial charge on any atom is -0.508 e. The maximum atomic E-state index is 9.93. The van der Waals surface area contributed by atoms with Crippen molar-refractivity contribution in [1.82, 2.24) is 25.0 Å². The van der Waals surface area contributed by atoms with E-state index < -0.39 is 0 Å². The van der Waals surface area contributed by atoms with Crippen LogP contribution in [-0.4, -0.2) is 54.5 Å². The Balaban J connectivity index is 1.61. The summed E-state index contributed by atoms with van der Waals surface area (Å²) in [4.78, 5) is 8.67. The number of rotatable bonds is 4. The van der Waals surface area contributed by atoms with Gasteiger partial charge in [0.25, 0.3) is 0 Å². The van der Waals surface area contributed by atoms with Crippen LogP contribution in [0.1, 0.15) is 18.4 Å². The molecule has 0 bridgehead atoms. The lowest BCUT2D eigenvalue weighted by atomic mass is 10.2. The topological polar surface area (TPSA) is 115 Å². The van der Waals surface area contributed by atoms with Crippen LogP contribution in [0.25, 0.3) is 11.3 Å². The molecule has 1 aliphatic rings. The van der Waals surface area contributed by atoms with Gasteiger partial charge < -0.3 is 19.7 Å². The smallest absolute Gasteiger partial charge is 0.234 e. The normalized spacial score (nSPS) is 15.5. The first-order valence-corrected chi connectivity index (χ1v) is 8.00. The molecule has 0 atom stereocenters. The van der Waals surface area contributed by atoms with Crippen molar-refractivity contribution in [3.05, 3.63) is 30.0 Å². The van der Waals surface area contributed by atoms with E-state index in [1.807, 2.05) is 0 Å². The Kier molecular flexibility index (Phi) is 4.06. The molecule has 2 N–H and O–H groups in total. The largest absolute Gasteiger partial charge is 0.508 e. The summed E-state index contributed by atoms with van der Waals surface area (Å²) in [5.74, 6) is 0.527. The fraction of sp³-hybridized carbons (Fsp3) is 0.375. The Labute approximate surface area is 142 Å². The van der Waals surface area contributed by atoms with Gasteiger partial charge in [-0.15, -0.1) is 5.10 Å². The fourth-order valence-electron chi connectivity index (χ4n) is 2.73. The molecule has 1 saturated heterocycles. The Hall–Kier alpha value is -2.94. The van der Waals surface area contributed by atoms with E-state index >= 15 is 0 Å². The molecule has 0 amide bonds. The van der Waals surface area contributed by atoms with Gasteiger partial charge in [0.05, 0.1) is 26.0 Å². The zero-order valence-electron chi connectivity index (χ0n) is 13.4. The zero-order valence-corrected chi connectivity index (χ0v) is 13.4. The van der Waals surface area contributed by atoms with Crippen LogP contribution in [0.5, 0.6) is 17.4 Å². The van der Waals surface area contributed by atoms with Gasteiger partial charge in [0.1, 0.15) is 17.6 Å². The highest BCUT2D eigenvalue weighted by Crippen LogP contribution is 2.24. The lowest BCUT2D eigenvalue weighted by molar-refractivity contribution is 0.0237. The molecule has 1 aromatic carbocycles. The second-order valence-corrected chi connectivity index (χ2v) is 5.85. The molecule has 9 heteroatoms. The first-order valence-electron chi connectivity index (χ1n) is 8.00. The Morgan fingerprint density at radius 2 is 2.08 bits per heavy atom. The minimum absolute atomic E-state index is 0.0555. The van der Waals surface area contributed by atoms with Crippen molar-refractivity contribution in [1.29, 1.82) is 0 Å². The molecule has 0 aliphatic carbocycles. The highest BCUT2D eigenvalue weighted by molar-refractivity contribution is 5.64. The van der Waals surface area contributed by atoms with Gasteiger partial charge in [-0.3, -0.25) is 0 Å². The van der Waals surface area contributed by atoms with Crippen LogP contribution in [0.4, 0.5) is 0 Å². The summed E-state index contributed by atoms with van der Waals surface area (Å²) in [6.45, 7) is 1.55. The minimum atomic E-state index is 0.0555. The molecule has 25 heavy (non-hydrogen) atoms. The summed E-state index contributed by atoms with van der Waals surface area (Å²) >= 11 is 0. The summed E-state index contributed by atoms with van der Waals surface area (Å²) in [5, 5.41) is 27.5. The predicted molar refractivity (Wildman–Crippen MR) is 86.5 cm³/mol. The van der Waals surface area contributed by atoms with E-state index in [2.05, 4.69) is 20.3 Å². The Morgan fingerprint density at radius 3 is 2.92 bits per heavy atom. The van der Waals surface area contributed by atoms with E-state index in [4.69, 9.17) is 9.47 Å². The van der Waals surface area contributed by atoms with Crippen LogP contribution in [0.2, 0.25) is 0 Å². The van der Waals surface area contributed by atoms with E-state index in [0.717, 1.165) is 12.8 Å². The van der Waals surface area contributed by atoms with Crippen LogP contribution in [-0.2, 0) is 11.3 Å². The van der Waals surface area contributed by atoms with Gasteiger partial charge in [0.15, 0.2) is 0 Å². The molecular weight excluding hydrogens is 326 g/mol. The average Bonchev–Trinajstić information content (AvgIpc) is 3.01. The number of benzene rings is 1. The quantitative estimate of drug-likeness (QED) is 0.680. The number of nitrogens with zero attached hydrogens (tertiary/aromatic N) is 5. The van der Waals surface area contributed by atoms with Crippen molar-refractivity contribution < 1.29 is 19.7 Å². The molecular formula is C16H17N5O4. The van der Waals surface area contributed by atoms with E-state index in [1.165, 1.54) is 29.1 Å². The van der Waals surface area contributed by atoms with Crippen molar-refractivity contribution in [2.75, 3.05) is 13.2 Å². The Morgan fingerprint density at radius 1 is 1.24 bits per heavy atom. The molecule has 0 saturated carbocycles. The van der Waals surface area contributed by atoms with Crippen molar-refractivity contribution in [3.8, 4) is 17.4 Å². The monoisotopic (exact) mass is 343 g/mol. The molecule has 3 heterocycles. The number of aromatic hydroxyl groups is 2. The van der Waals surface area contributed by atoms with Gasteiger partial charge in [-0.2, -0.15) is 4.98 Å². The van der Waals surface area contributed by atoms with Crippen LogP contribution >= 0.6 is 0 Å². The fourth-order valence-corrected chi connectivity index (χ4v) is 2.73. The standard InChI is InChI=1S/C16H17N5O4/c22-11-1-2-13(23)10(7-11)9-21-16-15(19-20-21)17-8-14(18-16)25-12-3-5-24-6-4-12/h1-2,7-8,12,22-23H,3-6,9H2. The van der Waals surface area contributed by atoms with E-state index in [1.54, 1.807) is 0 Å².